The van der Waals surface area contributed by atoms with Crippen LogP contribution in [-0.4, -0.2) is 257 Å². The molecule has 0 aliphatic carbocycles. The number of ether oxygens (including phenoxy) is 6. The highest BCUT2D eigenvalue weighted by molar-refractivity contribution is 8.00. The molecule has 5 rings (SSSR count). The molecule has 0 aromatic rings. The summed E-state index contributed by atoms with van der Waals surface area (Å²) in [6.45, 7) is 0.130. The number of fused-ring (bicyclic) bond motifs is 1. The number of aliphatic hydroxyl groups excluding tert-OH is 11. The summed E-state index contributed by atoms with van der Waals surface area (Å²) < 4.78 is 34.6. The molecule has 496 valence electrons. The summed E-state index contributed by atoms with van der Waals surface area (Å²) in [7, 11) is 0. The maximum absolute atomic E-state index is 13.4. The third kappa shape index (κ3) is 21.9. The van der Waals surface area contributed by atoms with Crippen LogP contribution in [0.1, 0.15) is 149 Å². The lowest BCUT2D eigenvalue weighted by Crippen LogP contribution is -2.70. The van der Waals surface area contributed by atoms with Crippen molar-refractivity contribution in [2.45, 2.75) is 276 Å². The Kier molecular flexibility index (Phi) is 32.1. The summed E-state index contributed by atoms with van der Waals surface area (Å²) in [6, 6.07) is -2.57. The number of urea groups is 1. The summed E-state index contributed by atoms with van der Waals surface area (Å²) >= 11 is 1.83. The van der Waals surface area contributed by atoms with Crippen LogP contribution in [-0.2, 0) is 47.6 Å². The van der Waals surface area contributed by atoms with Gasteiger partial charge in [0, 0.05) is 43.7 Å². The van der Waals surface area contributed by atoms with Crippen LogP contribution in [0.15, 0.2) is 12.2 Å². The number of nitrogens with one attached hydrogen (secondary N) is 5. The molecule has 0 unspecified atom stereocenters. The molecule has 5 fully saturated rings. The van der Waals surface area contributed by atoms with E-state index in [-0.39, 0.29) is 30.4 Å². The van der Waals surface area contributed by atoms with E-state index in [1.54, 1.807) is 0 Å². The van der Waals surface area contributed by atoms with E-state index in [0.29, 0.717) is 43.9 Å². The number of carboxylic acids is 1. The van der Waals surface area contributed by atoms with E-state index in [2.05, 4.69) is 33.5 Å². The lowest BCUT2D eigenvalue weighted by atomic mass is 9.88. The summed E-state index contributed by atoms with van der Waals surface area (Å²) in [5.74, 6) is -5.49. The molecule has 5 amide bonds. The first-order chi connectivity index (χ1) is 41.2. The normalized spacial score (nSPS) is 33.3. The molecule has 0 saturated carbocycles. The molecule has 0 bridgehead atoms. The fourth-order valence-electron chi connectivity index (χ4n) is 11.5. The number of hydrogen-bond acceptors (Lipinski definition) is 23. The first-order valence-corrected chi connectivity index (χ1v) is 31.9. The van der Waals surface area contributed by atoms with Crippen molar-refractivity contribution in [2.24, 2.45) is 0 Å². The van der Waals surface area contributed by atoms with Crippen molar-refractivity contribution in [1.82, 2.24) is 26.6 Å². The van der Waals surface area contributed by atoms with Crippen molar-refractivity contribution in [3.05, 3.63) is 12.2 Å². The Morgan fingerprint density at radius 3 is 2.06 bits per heavy atom. The van der Waals surface area contributed by atoms with Crippen molar-refractivity contribution in [2.75, 3.05) is 38.7 Å². The van der Waals surface area contributed by atoms with Gasteiger partial charge in [0.1, 0.15) is 67.1 Å². The largest absolute Gasteiger partial charge is 0.477 e. The molecule has 0 aromatic carbocycles. The van der Waals surface area contributed by atoms with Crippen LogP contribution in [0.2, 0.25) is 0 Å². The zero-order valence-electron chi connectivity index (χ0n) is 49.6. The van der Waals surface area contributed by atoms with E-state index < -0.39 is 160 Å². The minimum absolute atomic E-state index is 0.0579. The summed E-state index contributed by atoms with van der Waals surface area (Å²) in [5, 5.41) is 145. The number of aliphatic hydroxyl groups is 11. The number of carbonyl (C=O) groups excluding carboxylic acids is 4. The van der Waals surface area contributed by atoms with Crippen LogP contribution in [0, 0.1) is 0 Å². The fraction of sp³-hybridized carbons (Fsp3) is 0.877. The van der Waals surface area contributed by atoms with E-state index in [0.717, 1.165) is 57.6 Å². The number of aliphatic carboxylic acids is 1. The third-order valence-electron chi connectivity index (χ3n) is 16.4. The molecule has 86 heavy (non-hydrogen) atoms. The maximum atomic E-state index is 13.4. The van der Waals surface area contributed by atoms with Crippen LogP contribution >= 0.6 is 11.8 Å². The number of thioether (sulfide) groups is 1. The third-order valence-corrected chi connectivity index (χ3v) is 17.9. The standard InChI is InChI=1S/C57H99N5O23S/c1-3-4-5-6-7-8-9-10-11-12-13-14-16-21-35(67)33(60-42(71)24-17-15-20-25-58-41(70)23-19-18-22-40-43-34(31-86-40)61-56(79)62-43)30-80-53-48(75)47(74)50(39(29-65)82-53)83-54-49(76)52(46(73)38(28-64)81-54)85-57(55(77)78)26-36(68)44(59-32(2)66)51(84-57)45(72)37(69)27-63/h16,21,33-40,43-54,63-65,67-69,72-76H,3-15,17-20,22-31H2,1-2H3,(H,58,70)(H,59,66)(H,60,71)(H,77,78)(H2,61,62,79)/b21-16+/t33-,34-,35+,36-,37+,38+,39+,40-,43-,44+,45+,46-,47+,48+,49+,50+,51+,52-,53+,54-,57-/m0/s1. The molecule has 0 radical (unpaired) electrons. The van der Waals surface area contributed by atoms with E-state index >= 15 is 0 Å². The first-order valence-electron chi connectivity index (χ1n) is 30.8. The van der Waals surface area contributed by atoms with Gasteiger partial charge in [-0.25, -0.2) is 9.59 Å². The van der Waals surface area contributed by atoms with Gasteiger partial charge in [-0.3, -0.25) is 14.4 Å². The SMILES string of the molecule is CCCCCCCCCCCCC/C=C/[C@@H](O)[C@H](CO[C@@H]1O[C@H](CO)[C@@H](O[C@@H]2O[C@H](CO)[C@H](O)[C@H](O[C@]3(C(=O)O)C[C@H](O)[C@@H](NC(C)=O)[C@H]([C@H](O)[C@H](O)CO)O3)[C@H]2O)[C@H](O)[C@H]1O)NC(=O)CCCCCNC(=O)CCCC[C@@H]1SC[C@@H]2NC(=O)N[C@@H]21. The lowest BCUT2D eigenvalue weighted by molar-refractivity contribution is -0.386. The minimum atomic E-state index is -3.10. The van der Waals surface area contributed by atoms with Gasteiger partial charge in [-0.15, -0.1) is 0 Å². The highest BCUT2D eigenvalue weighted by Crippen LogP contribution is 2.39. The van der Waals surface area contributed by atoms with Gasteiger partial charge in [0.2, 0.25) is 17.7 Å². The molecule has 5 aliphatic heterocycles. The zero-order valence-corrected chi connectivity index (χ0v) is 50.4. The lowest BCUT2D eigenvalue weighted by Gasteiger charge is -2.50. The van der Waals surface area contributed by atoms with Gasteiger partial charge in [-0.1, -0.05) is 96.1 Å². The molecule has 0 spiro atoms. The van der Waals surface area contributed by atoms with Crippen LogP contribution in [0.5, 0.6) is 0 Å². The molecular formula is C57H99N5O23S. The van der Waals surface area contributed by atoms with Crippen LogP contribution in [0.3, 0.4) is 0 Å². The van der Waals surface area contributed by atoms with E-state index in [1.165, 1.54) is 51.0 Å². The monoisotopic (exact) mass is 1250 g/mol. The highest BCUT2D eigenvalue weighted by Gasteiger charge is 2.60. The average Bonchev–Trinajstić information content (AvgIpc) is 1.28. The Morgan fingerprint density at radius 2 is 1.41 bits per heavy atom. The van der Waals surface area contributed by atoms with Crippen LogP contribution in [0.25, 0.3) is 0 Å². The first kappa shape index (κ1) is 73.3. The maximum Gasteiger partial charge on any atom is 0.364 e. The Balaban J connectivity index is 1.16. The van der Waals surface area contributed by atoms with Gasteiger partial charge in [0.25, 0.3) is 5.79 Å². The molecule has 28 nitrogen and oxygen atoms in total. The zero-order chi connectivity index (χ0) is 62.9. The number of hydrogen-bond donors (Lipinski definition) is 17. The Labute approximate surface area is 506 Å². The number of unbranched alkanes of at least 4 members (excludes halogenated alkanes) is 14. The van der Waals surface area contributed by atoms with E-state index in [1.807, 2.05) is 17.8 Å². The summed E-state index contributed by atoms with van der Waals surface area (Å²) in [6.07, 6.45) is -8.59. The molecular weight excluding hydrogens is 1150 g/mol. The summed E-state index contributed by atoms with van der Waals surface area (Å²) in [5.41, 5.74) is 0. The minimum Gasteiger partial charge on any atom is -0.477 e. The Bertz CT molecular complexity index is 2070. The molecule has 0 aromatic heterocycles. The second-order valence-electron chi connectivity index (χ2n) is 23.3. The quantitative estimate of drug-likeness (QED) is 0.0185. The van der Waals surface area contributed by atoms with Crippen molar-refractivity contribution in [3.8, 4) is 0 Å². The fourth-order valence-corrected chi connectivity index (χ4v) is 13.0. The van der Waals surface area contributed by atoms with Crippen molar-refractivity contribution in [3.63, 3.8) is 0 Å². The topological polar surface area (TPSA) is 444 Å². The predicted molar refractivity (Wildman–Crippen MR) is 307 cm³/mol. The van der Waals surface area contributed by atoms with Crippen LogP contribution < -0.4 is 26.6 Å². The van der Waals surface area contributed by atoms with Gasteiger partial charge >= 0.3 is 12.0 Å². The number of rotatable bonds is 40. The molecule has 5 heterocycles. The second-order valence-corrected chi connectivity index (χ2v) is 24.5. The molecule has 5 aliphatic rings. The Morgan fingerprint density at radius 1 is 0.767 bits per heavy atom. The van der Waals surface area contributed by atoms with Crippen LogP contribution in [0.4, 0.5) is 4.79 Å². The van der Waals surface area contributed by atoms with E-state index in [9.17, 15) is 85.3 Å². The molecule has 21 atom stereocenters. The number of carbonyl (C=O) groups is 5. The molecule has 29 heteroatoms. The number of carboxylic acid groups (broad SMARTS) is 1. The molecule has 17 N–H and O–H groups in total. The van der Waals surface area contributed by atoms with Gasteiger partial charge in [-0.05, 0) is 38.5 Å². The predicted octanol–water partition coefficient (Wildman–Crippen LogP) is -1.69. The average molecular weight is 1250 g/mol. The van der Waals surface area contributed by atoms with Gasteiger partial charge < -0.3 is 116 Å². The highest BCUT2D eigenvalue weighted by atomic mass is 32.2. The second kappa shape index (κ2) is 37.7. The number of amides is 5. The van der Waals surface area contributed by atoms with Gasteiger partial charge in [-0.2, -0.15) is 11.8 Å². The van der Waals surface area contributed by atoms with Crippen molar-refractivity contribution < 1.29 is 114 Å². The van der Waals surface area contributed by atoms with Crippen molar-refractivity contribution >= 4 is 41.5 Å². The number of allylic oxidation sites excluding steroid dienone is 1. The van der Waals surface area contributed by atoms with Gasteiger partial charge in [0.05, 0.1) is 62.8 Å². The molecule has 5 saturated heterocycles. The van der Waals surface area contributed by atoms with Crippen molar-refractivity contribution in [1.29, 1.82) is 0 Å². The Hall–Kier alpha value is -3.44. The smallest absolute Gasteiger partial charge is 0.364 e. The summed E-state index contributed by atoms with van der Waals surface area (Å²) in [4.78, 5) is 62.6. The van der Waals surface area contributed by atoms with E-state index in [4.69, 9.17) is 28.4 Å². The van der Waals surface area contributed by atoms with Gasteiger partial charge in [0.15, 0.2) is 12.6 Å².